The number of ether oxygens (including phenoxy) is 1. The van der Waals surface area contributed by atoms with Gasteiger partial charge < -0.3 is 9.72 Å². The summed E-state index contributed by atoms with van der Waals surface area (Å²) >= 11 is 3.32. The van der Waals surface area contributed by atoms with Crippen LogP contribution in [0.15, 0.2) is 30.5 Å². The summed E-state index contributed by atoms with van der Waals surface area (Å²) in [5.41, 5.74) is 1.09. The Balaban J connectivity index is 2.24. The number of nitrogens with one attached hydrogen (secondary N) is 1. The van der Waals surface area contributed by atoms with Crippen molar-refractivity contribution < 1.29 is 9.53 Å². The minimum Gasteiger partial charge on any atom is -0.455 e. The number of alkyl halides is 1. The van der Waals surface area contributed by atoms with E-state index in [1.807, 2.05) is 38.2 Å². The first kappa shape index (κ1) is 12.2. The van der Waals surface area contributed by atoms with Crippen molar-refractivity contribution in [2.24, 2.45) is 0 Å². The molecule has 1 aromatic carbocycles. The Morgan fingerprint density at radius 1 is 1.41 bits per heavy atom. The molecule has 1 heterocycles. The number of aromatic amines is 1. The van der Waals surface area contributed by atoms with Gasteiger partial charge in [-0.25, -0.2) is 4.79 Å². The molecule has 4 heteroatoms. The second kappa shape index (κ2) is 4.53. The summed E-state index contributed by atoms with van der Waals surface area (Å²) in [6.07, 6.45) is 1.85. The first-order valence-corrected chi connectivity index (χ1v) is 6.50. The molecule has 0 aliphatic carbocycles. The highest BCUT2D eigenvalue weighted by Crippen LogP contribution is 2.19. The normalized spacial score (nSPS) is 11.7. The highest BCUT2D eigenvalue weighted by molar-refractivity contribution is 9.09. The number of rotatable bonds is 3. The van der Waals surface area contributed by atoms with E-state index in [2.05, 4.69) is 20.9 Å². The SMILES string of the molecule is CC(C)(CBr)OC(=O)c1ccc2[nH]ccc2c1. The van der Waals surface area contributed by atoms with Crippen molar-refractivity contribution in [3.05, 3.63) is 36.0 Å². The van der Waals surface area contributed by atoms with Gasteiger partial charge in [0.15, 0.2) is 0 Å². The van der Waals surface area contributed by atoms with Gasteiger partial charge in [-0.2, -0.15) is 0 Å². The molecule has 0 saturated carbocycles. The molecule has 2 aromatic rings. The summed E-state index contributed by atoms with van der Waals surface area (Å²) in [6, 6.07) is 7.42. The predicted octanol–water partition coefficient (Wildman–Crippen LogP) is 3.50. The Bertz CT molecular complexity index is 545. The van der Waals surface area contributed by atoms with Crippen molar-refractivity contribution in [3.8, 4) is 0 Å². The second-order valence-electron chi connectivity index (χ2n) is 4.56. The second-order valence-corrected chi connectivity index (χ2v) is 5.12. The van der Waals surface area contributed by atoms with E-state index in [4.69, 9.17) is 4.74 Å². The molecule has 0 atom stereocenters. The zero-order valence-electron chi connectivity index (χ0n) is 9.79. The van der Waals surface area contributed by atoms with Gasteiger partial charge in [0.2, 0.25) is 0 Å². The van der Waals surface area contributed by atoms with Crippen molar-refractivity contribution in [3.63, 3.8) is 0 Å². The Hall–Kier alpha value is -1.29. The van der Waals surface area contributed by atoms with Crippen LogP contribution in [-0.2, 0) is 4.74 Å². The molecule has 0 bridgehead atoms. The number of carbonyl (C=O) groups is 1. The first-order chi connectivity index (χ1) is 8.02. The number of hydrogen-bond acceptors (Lipinski definition) is 2. The molecular formula is C13H14BrNO2. The molecule has 0 spiro atoms. The van der Waals surface area contributed by atoms with Gasteiger partial charge in [-0.3, -0.25) is 0 Å². The number of hydrogen-bond donors (Lipinski definition) is 1. The van der Waals surface area contributed by atoms with E-state index in [1.54, 1.807) is 6.07 Å². The minimum atomic E-state index is -0.496. The maximum Gasteiger partial charge on any atom is 0.338 e. The van der Waals surface area contributed by atoms with Gasteiger partial charge in [0.25, 0.3) is 0 Å². The third kappa shape index (κ3) is 2.69. The van der Waals surface area contributed by atoms with Gasteiger partial charge in [0.1, 0.15) is 5.60 Å². The molecule has 0 fully saturated rings. The molecule has 0 aliphatic rings. The number of benzene rings is 1. The van der Waals surface area contributed by atoms with Crippen LogP contribution in [-0.4, -0.2) is 21.9 Å². The van der Waals surface area contributed by atoms with E-state index in [1.165, 1.54) is 0 Å². The van der Waals surface area contributed by atoms with Crippen LogP contribution in [0.1, 0.15) is 24.2 Å². The van der Waals surface area contributed by atoms with Crippen LogP contribution in [0.2, 0.25) is 0 Å². The minimum absolute atomic E-state index is 0.294. The van der Waals surface area contributed by atoms with Crippen LogP contribution >= 0.6 is 15.9 Å². The van der Waals surface area contributed by atoms with Crippen molar-refractivity contribution in [2.75, 3.05) is 5.33 Å². The van der Waals surface area contributed by atoms with Gasteiger partial charge in [-0.15, -0.1) is 0 Å². The van der Waals surface area contributed by atoms with Crippen molar-refractivity contribution in [2.45, 2.75) is 19.4 Å². The summed E-state index contributed by atoms with van der Waals surface area (Å²) in [5.74, 6) is -0.294. The maximum atomic E-state index is 11.9. The molecule has 90 valence electrons. The van der Waals surface area contributed by atoms with Crippen LogP contribution in [0.4, 0.5) is 0 Å². The van der Waals surface area contributed by atoms with E-state index in [9.17, 15) is 4.79 Å². The van der Waals surface area contributed by atoms with Gasteiger partial charge in [-0.05, 0) is 38.1 Å². The molecule has 0 amide bonds. The van der Waals surface area contributed by atoms with Crippen molar-refractivity contribution in [1.29, 1.82) is 0 Å². The lowest BCUT2D eigenvalue weighted by atomic mass is 10.1. The van der Waals surface area contributed by atoms with E-state index >= 15 is 0 Å². The van der Waals surface area contributed by atoms with Crippen LogP contribution in [0.5, 0.6) is 0 Å². The lowest BCUT2D eigenvalue weighted by Gasteiger charge is -2.22. The summed E-state index contributed by atoms with van der Waals surface area (Å²) in [7, 11) is 0. The van der Waals surface area contributed by atoms with Crippen LogP contribution in [0.3, 0.4) is 0 Å². The van der Waals surface area contributed by atoms with Gasteiger partial charge in [0.05, 0.1) is 5.56 Å². The Morgan fingerprint density at radius 2 is 2.18 bits per heavy atom. The van der Waals surface area contributed by atoms with E-state index in [0.29, 0.717) is 10.9 Å². The molecule has 1 aromatic heterocycles. The van der Waals surface area contributed by atoms with E-state index in [0.717, 1.165) is 10.9 Å². The number of carbonyl (C=O) groups excluding carboxylic acids is 1. The molecule has 1 N–H and O–H groups in total. The Labute approximate surface area is 108 Å². The lowest BCUT2D eigenvalue weighted by molar-refractivity contribution is 0.00926. The average molecular weight is 296 g/mol. The molecular weight excluding hydrogens is 282 g/mol. The lowest BCUT2D eigenvalue weighted by Crippen LogP contribution is -2.29. The number of esters is 1. The predicted molar refractivity (Wildman–Crippen MR) is 71.6 cm³/mol. The molecule has 17 heavy (non-hydrogen) atoms. The quantitative estimate of drug-likeness (QED) is 0.696. The fraction of sp³-hybridized carbons (Fsp3) is 0.308. The standard InChI is InChI=1S/C13H14BrNO2/c1-13(2,8-14)17-12(16)10-3-4-11-9(7-10)5-6-15-11/h3-7,15H,8H2,1-2H3. The monoisotopic (exact) mass is 295 g/mol. The topological polar surface area (TPSA) is 42.1 Å². The molecule has 0 saturated heterocycles. The zero-order valence-corrected chi connectivity index (χ0v) is 11.4. The Morgan fingerprint density at radius 3 is 2.88 bits per heavy atom. The van der Waals surface area contributed by atoms with Gasteiger partial charge in [0, 0.05) is 22.4 Å². The summed E-state index contributed by atoms with van der Waals surface area (Å²) in [5, 5.41) is 1.62. The van der Waals surface area contributed by atoms with Crippen molar-refractivity contribution in [1.82, 2.24) is 4.98 Å². The zero-order chi connectivity index (χ0) is 12.5. The third-order valence-corrected chi connectivity index (χ3v) is 3.83. The first-order valence-electron chi connectivity index (χ1n) is 5.38. The van der Waals surface area contributed by atoms with Gasteiger partial charge >= 0.3 is 5.97 Å². The molecule has 0 unspecified atom stereocenters. The number of aromatic nitrogens is 1. The van der Waals surface area contributed by atoms with E-state index < -0.39 is 5.60 Å². The maximum absolute atomic E-state index is 11.9. The molecule has 2 rings (SSSR count). The van der Waals surface area contributed by atoms with Gasteiger partial charge in [-0.1, -0.05) is 15.9 Å². The number of halogens is 1. The highest BCUT2D eigenvalue weighted by atomic mass is 79.9. The third-order valence-electron chi connectivity index (χ3n) is 2.48. The summed E-state index contributed by atoms with van der Waals surface area (Å²) in [4.78, 5) is 15.0. The molecule has 0 radical (unpaired) electrons. The van der Waals surface area contributed by atoms with E-state index in [-0.39, 0.29) is 5.97 Å². The largest absolute Gasteiger partial charge is 0.455 e. The van der Waals surface area contributed by atoms with Crippen LogP contribution in [0.25, 0.3) is 10.9 Å². The summed E-state index contributed by atoms with van der Waals surface area (Å²) < 4.78 is 5.40. The average Bonchev–Trinajstić information content (AvgIpc) is 2.75. The van der Waals surface area contributed by atoms with Crippen LogP contribution in [0, 0.1) is 0 Å². The Kier molecular flexibility index (Phi) is 3.24. The molecule has 0 aliphatic heterocycles. The fourth-order valence-electron chi connectivity index (χ4n) is 1.52. The van der Waals surface area contributed by atoms with Crippen LogP contribution < -0.4 is 0 Å². The molecule has 3 nitrogen and oxygen atoms in total. The smallest absolute Gasteiger partial charge is 0.338 e. The number of fused-ring (bicyclic) bond motifs is 1. The fourth-order valence-corrected chi connectivity index (χ4v) is 1.63. The highest BCUT2D eigenvalue weighted by Gasteiger charge is 2.22. The van der Waals surface area contributed by atoms with Crippen molar-refractivity contribution >= 4 is 32.8 Å². The number of H-pyrrole nitrogens is 1. The summed E-state index contributed by atoms with van der Waals surface area (Å²) in [6.45, 7) is 3.74.